The van der Waals surface area contributed by atoms with Gasteiger partial charge >= 0.3 is 0 Å². The second-order valence-corrected chi connectivity index (χ2v) is 21.2. The van der Waals surface area contributed by atoms with E-state index in [9.17, 15) is 0 Å². The van der Waals surface area contributed by atoms with Gasteiger partial charge in [0.2, 0.25) is 0 Å². The van der Waals surface area contributed by atoms with Crippen LogP contribution in [-0.2, 0) is 0 Å². The summed E-state index contributed by atoms with van der Waals surface area (Å²) in [6.07, 6.45) is 0. The summed E-state index contributed by atoms with van der Waals surface area (Å²) in [5, 5.41) is 11.9. The number of benzene rings is 12. The van der Waals surface area contributed by atoms with Crippen LogP contribution in [0.5, 0.6) is 0 Å². The van der Waals surface area contributed by atoms with E-state index in [-0.39, 0.29) is 0 Å². The fourth-order valence-corrected chi connectivity index (χ4v) is 13.1. The largest absolute Gasteiger partial charge is 0.455 e. The highest BCUT2D eigenvalue weighted by molar-refractivity contribution is 6.28. The number of anilines is 6. The van der Waals surface area contributed by atoms with Crippen molar-refractivity contribution in [3.8, 4) is 22.3 Å². The number of fused-ring (bicyclic) bond motifs is 6. The molecule has 4 heteroatoms. The Morgan fingerprint density at radius 2 is 0.632 bits per heavy atom. The number of rotatable bonds is 8. The third-order valence-corrected chi connectivity index (χ3v) is 16.3. The topological polar surface area (TPSA) is 32.8 Å². The van der Waals surface area contributed by atoms with Crippen molar-refractivity contribution >= 4 is 110 Å². The summed E-state index contributed by atoms with van der Waals surface area (Å²) in [5.41, 5.74) is 24.9. The summed E-state index contributed by atoms with van der Waals surface area (Å²) in [5.74, 6) is 0. The van der Waals surface area contributed by atoms with E-state index >= 15 is 0 Å². The molecule has 0 saturated carbocycles. The molecule has 2 aromatic heterocycles. The quantitative estimate of drug-likeness (QED) is 0.142. The highest BCUT2D eigenvalue weighted by atomic mass is 16.3. The lowest BCUT2D eigenvalue weighted by Crippen LogP contribution is -2.15. The highest BCUT2D eigenvalue weighted by Crippen LogP contribution is 2.51. The van der Waals surface area contributed by atoms with Crippen LogP contribution in [0.4, 0.5) is 34.1 Å². The first-order valence-electron chi connectivity index (χ1n) is 26.5. The molecule has 0 aliphatic heterocycles. The first-order valence-corrected chi connectivity index (χ1v) is 26.5. The van der Waals surface area contributed by atoms with Gasteiger partial charge in [-0.1, -0.05) is 146 Å². The van der Waals surface area contributed by atoms with Crippen LogP contribution in [-0.4, -0.2) is 0 Å². The van der Waals surface area contributed by atoms with Crippen LogP contribution >= 0.6 is 0 Å². The van der Waals surface area contributed by atoms with Crippen molar-refractivity contribution in [2.24, 2.45) is 0 Å². The molecule has 0 saturated heterocycles. The van der Waals surface area contributed by atoms with Gasteiger partial charge in [-0.25, -0.2) is 0 Å². The van der Waals surface area contributed by atoms with Crippen LogP contribution in [0.25, 0.3) is 98.4 Å². The molecule has 0 fully saturated rings. The summed E-state index contributed by atoms with van der Waals surface area (Å²) < 4.78 is 13.2. The number of para-hydroxylation sites is 6. The van der Waals surface area contributed by atoms with Crippen LogP contribution < -0.4 is 9.80 Å². The summed E-state index contributed by atoms with van der Waals surface area (Å²) in [6, 6.07) is 71.3. The summed E-state index contributed by atoms with van der Waals surface area (Å²) in [7, 11) is 0. The molecule has 0 aliphatic carbocycles. The van der Waals surface area contributed by atoms with Crippen LogP contribution in [0.1, 0.15) is 44.5 Å². The van der Waals surface area contributed by atoms with Crippen molar-refractivity contribution in [3.05, 3.63) is 239 Å². The van der Waals surface area contributed by atoms with Gasteiger partial charge in [0.15, 0.2) is 0 Å². The number of furan rings is 2. The Balaban J connectivity index is 0.966. The van der Waals surface area contributed by atoms with Crippen molar-refractivity contribution in [1.29, 1.82) is 0 Å². The van der Waals surface area contributed by atoms with Crippen LogP contribution in [0, 0.1) is 55.4 Å². The molecule has 0 unspecified atom stereocenters. The molecule has 0 bridgehead atoms. The molecular formula is C72H56N2O2. The minimum atomic E-state index is 0.908. The maximum absolute atomic E-state index is 6.62. The van der Waals surface area contributed by atoms with Crippen molar-refractivity contribution in [3.63, 3.8) is 0 Å². The predicted molar refractivity (Wildman–Crippen MR) is 323 cm³/mol. The SMILES string of the molecule is Cc1cc(N(c2c(C)cccc2C)c2ccc3ccc4c(N(c5cc(C)c(-c6cccc7c6oc6ccccc67)c(C)c5)c5c(C)cccc5C)ccc5ccc2c3c54)cc(C)c1-c1cccc2c1oc1ccccc12. The second-order valence-electron chi connectivity index (χ2n) is 21.2. The van der Waals surface area contributed by atoms with E-state index in [0.29, 0.717) is 0 Å². The van der Waals surface area contributed by atoms with Crippen LogP contribution in [0.3, 0.4) is 0 Å². The number of hydrogen-bond donors (Lipinski definition) is 0. The molecule has 2 heterocycles. The van der Waals surface area contributed by atoms with Gasteiger partial charge in [0.05, 0.1) is 22.7 Å². The van der Waals surface area contributed by atoms with Gasteiger partial charge in [0.25, 0.3) is 0 Å². The first kappa shape index (κ1) is 45.5. The van der Waals surface area contributed by atoms with E-state index in [1.807, 2.05) is 12.1 Å². The number of aryl methyl sites for hydroxylation is 8. The molecule has 366 valence electrons. The molecule has 12 aromatic carbocycles. The maximum atomic E-state index is 6.62. The minimum Gasteiger partial charge on any atom is -0.455 e. The molecule has 14 rings (SSSR count). The predicted octanol–water partition coefficient (Wildman–Crippen LogP) is 21.1. The molecule has 4 nitrogen and oxygen atoms in total. The molecule has 76 heavy (non-hydrogen) atoms. The van der Waals surface area contributed by atoms with E-state index in [2.05, 4.69) is 247 Å². The summed E-state index contributed by atoms with van der Waals surface area (Å²) >= 11 is 0. The number of hydrogen-bond acceptors (Lipinski definition) is 4. The zero-order valence-electron chi connectivity index (χ0n) is 44.2. The Hall–Kier alpha value is -9.12. The average molecular weight is 981 g/mol. The van der Waals surface area contributed by atoms with Crippen molar-refractivity contribution in [2.45, 2.75) is 55.4 Å². The Morgan fingerprint density at radius 3 is 1.03 bits per heavy atom. The van der Waals surface area contributed by atoms with Crippen molar-refractivity contribution in [2.75, 3.05) is 9.80 Å². The molecule has 0 atom stereocenters. The Morgan fingerprint density at radius 1 is 0.289 bits per heavy atom. The Kier molecular flexibility index (Phi) is 10.3. The van der Waals surface area contributed by atoms with Crippen molar-refractivity contribution < 1.29 is 8.83 Å². The van der Waals surface area contributed by atoms with E-state index < -0.39 is 0 Å². The smallest absolute Gasteiger partial charge is 0.143 e. The zero-order valence-corrected chi connectivity index (χ0v) is 44.2. The normalized spacial score (nSPS) is 11.9. The Bertz CT molecular complexity index is 4320. The molecule has 14 aromatic rings. The molecule has 0 radical (unpaired) electrons. The van der Waals surface area contributed by atoms with E-state index in [1.165, 1.54) is 99.3 Å². The fourth-order valence-electron chi connectivity index (χ4n) is 13.1. The molecule has 0 spiro atoms. The fraction of sp³-hybridized carbons (Fsp3) is 0.111. The maximum Gasteiger partial charge on any atom is 0.143 e. The zero-order chi connectivity index (χ0) is 51.7. The molecule has 0 aliphatic rings. The van der Waals surface area contributed by atoms with E-state index in [0.717, 1.165) is 77.8 Å². The van der Waals surface area contributed by atoms with Gasteiger partial charge in [-0.05, 0) is 181 Å². The van der Waals surface area contributed by atoms with Gasteiger partial charge in [-0.3, -0.25) is 0 Å². The lowest BCUT2D eigenvalue weighted by atomic mass is 9.90. The second kappa shape index (κ2) is 17.2. The molecular weight excluding hydrogens is 925 g/mol. The van der Waals surface area contributed by atoms with E-state index in [4.69, 9.17) is 8.83 Å². The number of nitrogens with zero attached hydrogens (tertiary/aromatic N) is 2. The van der Waals surface area contributed by atoms with Gasteiger partial charge in [0, 0.05) is 54.8 Å². The standard InChI is InChI=1S/C72H56N2O2/c1-41-17-13-18-42(2)69(41)73(51-37-45(5)65(46(6)38-51)59-25-15-23-55-53-21-9-11-27-63(53)75-71(55)59)61-35-31-49-30-34-58-62(36-32-50-29-33-57(61)67(49)68(50)58)74(70-43(3)19-14-20-44(70)4)52-39-47(7)66(48(8)40-52)60-26-16-24-56-54-22-10-12-28-64(54)76-72(56)60/h9-40H,1-8H3. The summed E-state index contributed by atoms with van der Waals surface area (Å²) in [6.45, 7) is 18.0. The highest BCUT2D eigenvalue weighted by Gasteiger charge is 2.27. The monoisotopic (exact) mass is 980 g/mol. The van der Waals surface area contributed by atoms with Gasteiger partial charge < -0.3 is 18.6 Å². The minimum absolute atomic E-state index is 0.908. The Labute approximate surface area is 443 Å². The molecule has 0 amide bonds. The average Bonchev–Trinajstić information content (AvgIpc) is 4.05. The summed E-state index contributed by atoms with van der Waals surface area (Å²) in [4.78, 5) is 5.04. The van der Waals surface area contributed by atoms with Gasteiger partial charge in [-0.2, -0.15) is 0 Å². The van der Waals surface area contributed by atoms with E-state index in [1.54, 1.807) is 0 Å². The third-order valence-electron chi connectivity index (χ3n) is 16.3. The first-order chi connectivity index (χ1) is 37.0. The van der Waals surface area contributed by atoms with Crippen LogP contribution in [0.15, 0.2) is 203 Å². The van der Waals surface area contributed by atoms with Crippen LogP contribution in [0.2, 0.25) is 0 Å². The third kappa shape index (κ3) is 6.83. The lowest BCUT2D eigenvalue weighted by molar-refractivity contribution is 0.669. The lowest BCUT2D eigenvalue weighted by Gasteiger charge is -2.32. The van der Waals surface area contributed by atoms with Gasteiger partial charge in [-0.15, -0.1) is 0 Å². The molecule has 0 N–H and O–H groups in total. The van der Waals surface area contributed by atoms with Crippen molar-refractivity contribution in [1.82, 2.24) is 0 Å². The van der Waals surface area contributed by atoms with Gasteiger partial charge in [0.1, 0.15) is 22.3 Å².